The van der Waals surface area contributed by atoms with Crippen LogP contribution in [0.3, 0.4) is 0 Å². The number of hydrogen-bond donors (Lipinski definition) is 2. The maximum Gasteiger partial charge on any atom is 0.249 e. The predicted octanol–water partition coefficient (Wildman–Crippen LogP) is 1.46. The molecule has 8 nitrogen and oxygen atoms in total. The normalized spacial score (nSPS) is 17.6. The molecule has 0 saturated carbocycles. The maximum absolute atomic E-state index is 12.9. The van der Waals surface area contributed by atoms with E-state index in [0.29, 0.717) is 17.2 Å². The standard InChI is InChI=1S/C18H25N3O5/c1-2-3-7-14(10-20(25)12-22)18(24)21-13-26-11-16(21)17(23)19-15-8-5-4-6-9-15/h4-6,8-9,12,14,16,25H,2-3,7,10-11,13H2,1H3,(H,19,23)/t14-,16+/m1/s1. The van der Waals surface area contributed by atoms with Crippen molar-refractivity contribution < 1.29 is 24.3 Å². The molecule has 26 heavy (non-hydrogen) atoms. The number of carbonyl (C=O) groups is 3. The molecule has 1 saturated heterocycles. The van der Waals surface area contributed by atoms with Crippen molar-refractivity contribution in [3.63, 3.8) is 0 Å². The van der Waals surface area contributed by atoms with Crippen LogP contribution < -0.4 is 5.32 Å². The van der Waals surface area contributed by atoms with Gasteiger partial charge in [-0.3, -0.25) is 19.6 Å². The Bertz CT molecular complexity index is 610. The summed E-state index contributed by atoms with van der Waals surface area (Å²) in [5, 5.41) is 12.7. The van der Waals surface area contributed by atoms with Gasteiger partial charge >= 0.3 is 0 Å². The molecule has 0 bridgehead atoms. The van der Waals surface area contributed by atoms with E-state index in [9.17, 15) is 19.6 Å². The second-order valence-electron chi connectivity index (χ2n) is 6.25. The molecule has 1 aromatic carbocycles. The summed E-state index contributed by atoms with van der Waals surface area (Å²) >= 11 is 0. The summed E-state index contributed by atoms with van der Waals surface area (Å²) in [5.41, 5.74) is 0.641. The zero-order chi connectivity index (χ0) is 18.9. The van der Waals surface area contributed by atoms with E-state index in [1.807, 2.05) is 13.0 Å². The molecule has 1 fully saturated rings. The van der Waals surface area contributed by atoms with E-state index in [4.69, 9.17) is 4.74 Å². The first kappa shape index (κ1) is 19.9. The number of rotatable bonds is 9. The second-order valence-corrected chi connectivity index (χ2v) is 6.25. The van der Waals surface area contributed by atoms with E-state index in [0.717, 1.165) is 12.8 Å². The van der Waals surface area contributed by atoms with E-state index in [2.05, 4.69) is 5.32 Å². The summed E-state index contributed by atoms with van der Waals surface area (Å²) in [6.45, 7) is 2.02. The second kappa shape index (κ2) is 9.88. The van der Waals surface area contributed by atoms with E-state index in [1.54, 1.807) is 24.3 Å². The first-order valence-electron chi connectivity index (χ1n) is 8.71. The van der Waals surface area contributed by atoms with Gasteiger partial charge in [0, 0.05) is 5.69 Å². The zero-order valence-electron chi connectivity index (χ0n) is 14.8. The molecule has 8 heteroatoms. The summed E-state index contributed by atoms with van der Waals surface area (Å²) < 4.78 is 5.33. The highest BCUT2D eigenvalue weighted by Crippen LogP contribution is 2.20. The largest absolute Gasteiger partial charge is 0.358 e. The molecule has 0 unspecified atom stereocenters. The lowest BCUT2D eigenvalue weighted by molar-refractivity contribution is -0.158. The van der Waals surface area contributed by atoms with Crippen molar-refractivity contribution in [2.75, 3.05) is 25.2 Å². The molecule has 2 N–H and O–H groups in total. The number of anilines is 1. The molecule has 1 aliphatic rings. The smallest absolute Gasteiger partial charge is 0.249 e. The van der Waals surface area contributed by atoms with E-state index < -0.39 is 12.0 Å². The Hall–Kier alpha value is -2.45. The van der Waals surface area contributed by atoms with Crippen LogP contribution in [0.15, 0.2) is 30.3 Å². The molecular formula is C18H25N3O5. The molecule has 0 spiro atoms. The van der Waals surface area contributed by atoms with Crippen molar-refractivity contribution in [1.29, 1.82) is 0 Å². The minimum Gasteiger partial charge on any atom is -0.358 e. The summed E-state index contributed by atoms with van der Waals surface area (Å²) in [6.07, 6.45) is 2.44. The van der Waals surface area contributed by atoms with Gasteiger partial charge < -0.3 is 15.0 Å². The average Bonchev–Trinajstić information content (AvgIpc) is 3.15. The third-order valence-electron chi connectivity index (χ3n) is 4.29. The topological polar surface area (TPSA) is 99.2 Å². The number of benzene rings is 1. The predicted molar refractivity (Wildman–Crippen MR) is 94.1 cm³/mol. The van der Waals surface area contributed by atoms with Crippen LogP contribution in [-0.2, 0) is 19.1 Å². The number of amides is 3. The monoisotopic (exact) mass is 363 g/mol. The highest BCUT2D eigenvalue weighted by atomic mass is 16.5. The number of ether oxygens (including phenoxy) is 1. The van der Waals surface area contributed by atoms with Crippen molar-refractivity contribution >= 4 is 23.9 Å². The van der Waals surface area contributed by atoms with Gasteiger partial charge in [0.15, 0.2) is 0 Å². The molecule has 142 valence electrons. The lowest BCUT2D eigenvalue weighted by Gasteiger charge is -2.27. The number of nitrogens with one attached hydrogen (secondary N) is 1. The van der Waals surface area contributed by atoms with Crippen molar-refractivity contribution in [2.24, 2.45) is 5.92 Å². The van der Waals surface area contributed by atoms with Gasteiger partial charge in [0.2, 0.25) is 18.2 Å². The number of unbranched alkanes of at least 4 members (excludes halogenated alkanes) is 1. The Morgan fingerprint density at radius 2 is 2.15 bits per heavy atom. The molecule has 1 heterocycles. The van der Waals surface area contributed by atoms with Crippen molar-refractivity contribution in [3.05, 3.63) is 30.3 Å². The lowest BCUT2D eigenvalue weighted by atomic mass is 9.99. The highest BCUT2D eigenvalue weighted by Gasteiger charge is 2.38. The SMILES string of the molecule is CCCC[C@H](CN(O)C=O)C(=O)N1COC[C@H]1C(=O)Nc1ccccc1. The van der Waals surface area contributed by atoms with Crippen LogP contribution in [0.4, 0.5) is 5.69 Å². The van der Waals surface area contributed by atoms with Gasteiger partial charge in [-0.25, -0.2) is 5.06 Å². The van der Waals surface area contributed by atoms with Gasteiger partial charge in [0.05, 0.1) is 19.1 Å². The quantitative estimate of drug-likeness (QED) is 0.393. The number of carbonyl (C=O) groups excluding carboxylic acids is 3. The molecule has 0 aliphatic carbocycles. The Balaban J connectivity index is 2.06. The molecule has 1 aliphatic heterocycles. The minimum absolute atomic E-state index is 0.0147. The van der Waals surface area contributed by atoms with Crippen LogP contribution in [0.1, 0.15) is 26.2 Å². The fourth-order valence-corrected chi connectivity index (χ4v) is 2.87. The van der Waals surface area contributed by atoms with Crippen molar-refractivity contribution in [3.8, 4) is 0 Å². The van der Waals surface area contributed by atoms with Crippen LogP contribution in [0.25, 0.3) is 0 Å². The van der Waals surface area contributed by atoms with Gasteiger partial charge in [0.1, 0.15) is 12.8 Å². The molecule has 2 atom stereocenters. The molecule has 1 aromatic rings. The first-order chi connectivity index (χ1) is 12.6. The van der Waals surface area contributed by atoms with Gasteiger partial charge in [-0.2, -0.15) is 0 Å². The van der Waals surface area contributed by atoms with Gasteiger partial charge in [-0.05, 0) is 18.6 Å². The molecule has 2 rings (SSSR count). The highest BCUT2D eigenvalue weighted by molar-refractivity contribution is 5.97. The third-order valence-corrected chi connectivity index (χ3v) is 4.29. The molecule has 0 radical (unpaired) electrons. The first-order valence-corrected chi connectivity index (χ1v) is 8.71. The summed E-state index contributed by atoms with van der Waals surface area (Å²) in [5.74, 6) is -1.21. The summed E-state index contributed by atoms with van der Waals surface area (Å²) in [6, 6.07) is 8.24. The fourth-order valence-electron chi connectivity index (χ4n) is 2.87. The fraction of sp³-hybridized carbons (Fsp3) is 0.500. The maximum atomic E-state index is 12.9. The molecule has 0 aromatic heterocycles. The summed E-state index contributed by atoms with van der Waals surface area (Å²) in [7, 11) is 0. The average molecular weight is 363 g/mol. The summed E-state index contributed by atoms with van der Waals surface area (Å²) in [4.78, 5) is 37.5. The minimum atomic E-state index is -0.741. The third kappa shape index (κ3) is 5.27. The Morgan fingerprint density at radius 1 is 1.42 bits per heavy atom. The van der Waals surface area contributed by atoms with Crippen LogP contribution >= 0.6 is 0 Å². The van der Waals surface area contributed by atoms with Crippen LogP contribution in [0.2, 0.25) is 0 Å². The lowest BCUT2D eigenvalue weighted by Crippen LogP contribution is -2.48. The van der Waals surface area contributed by atoms with Gasteiger partial charge in [-0.15, -0.1) is 0 Å². The molecular weight excluding hydrogens is 338 g/mol. The van der Waals surface area contributed by atoms with Crippen molar-refractivity contribution in [2.45, 2.75) is 32.2 Å². The Labute approximate surface area is 152 Å². The van der Waals surface area contributed by atoms with Crippen LogP contribution in [0.5, 0.6) is 0 Å². The van der Waals surface area contributed by atoms with E-state index >= 15 is 0 Å². The van der Waals surface area contributed by atoms with Crippen LogP contribution in [-0.4, -0.2) is 59.3 Å². The number of hydrogen-bond acceptors (Lipinski definition) is 5. The number of nitrogens with zero attached hydrogens (tertiary/aromatic N) is 2. The van der Waals surface area contributed by atoms with Gasteiger partial charge in [-0.1, -0.05) is 38.0 Å². The zero-order valence-corrected chi connectivity index (χ0v) is 14.8. The van der Waals surface area contributed by atoms with E-state index in [1.165, 1.54) is 4.90 Å². The molecule has 3 amide bonds. The van der Waals surface area contributed by atoms with E-state index in [-0.39, 0.29) is 38.1 Å². The Kier molecular flexibility index (Phi) is 7.55. The number of para-hydroxylation sites is 1. The Morgan fingerprint density at radius 3 is 2.81 bits per heavy atom. The number of hydroxylamine groups is 2. The van der Waals surface area contributed by atoms with Gasteiger partial charge in [0.25, 0.3) is 0 Å². The van der Waals surface area contributed by atoms with Crippen molar-refractivity contribution in [1.82, 2.24) is 9.96 Å². The van der Waals surface area contributed by atoms with Crippen LogP contribution in [0, 0.1) is 5.92 Å².